The van der Waals surface area contributed by atoms with Gasteiger partial charge in [-0.3, -0.25) is 0 Å². The van der Waals surface area contributed by atoms with Crippen LogP contribution >= 0.6 is 0 Å². The first-order valence-electron chi connectivity index (χ1n) is 4.65. The third-order valence-corrected chi connectivity index (χ3v) is 2.20. The van der Waals surface area contributed by atoms with E-state index >= 15 is 0 Å². The summed E-state index contributed by atoms with van der Waals surface area (Å²) in [4.78, 5) is 0. The molecule has 0 radical (unpaired) electrons. The third kappa shape index (κ3) is 5.56. The molecule has 2 N–H and O–H groups in total. The molecule has 74 valence electrons. The van der Waals surface area contributed by atoms with Gasteiger partial charge in [0.1, 0.15) is 0 Å². The van der Waals surface area contributed by atoms with Crippen LogP contribution in [0.3, 0.4) is 0 Å². The lowest BCUT2D eigenvalue weighted by molar-refractivity contribution is 0.0889. The Bertz CT molecular complexity index is 117. The average Bonchev–Trinajstić information content (AvgIpc) is 1.97. The molecule has 12 heavy (non-hydrogen) atoms. The maximum Gasteiger partial charge on any atom is 0.0694 e. The topological polar surface area (TPSA) is 35.2 Å². The van der Waals surface area contributed by atoms with Crippen LogP contribution in [0, 0.1) is 5.41 Å². The van der Waals surface area contributed by atoms with Crippen molar-refractivity contribution in [3.8, 4) is 0 Å². The Kier molecular flexibility index (Phi) is 4.80. The Morgan fingerprint density at radius 2 is 1.83 bits per heavy atom. The van der Waals surface area contributed by atoms with Crippen molar-refractivity contribution in [2.24, 2.45) is 11.1 Å². The molecule has 0 aromatic rings. The zero-order chi connectivity index (χ0) is 9.78. The van der Waals surface area contributed by atoms with Crippen LogP contribution in [0.25, 0.3) is 0 Å². The highest BCUT2D eigenvalue weighted by atomic mass is 16.5. The van der Waals surface area contributed by atoms with Gasteiger partial charge in [-0.2, -0.15) is 0 Å². The standard InChI is InChI=1S/C10H23NO/c1-8(12-5)9(11)6-7-10(2,3)4/h8-9H,6-7,11H2,1-5H3. The largest absolute Gasteiger partial charge is 0.380 e. The molecule has 0 saturated carbocycles. The van der Waals surface area contributed by atoms with Crippen LogP contribution in [-0.2, 0) is 4.74 Å². The number of rotatable bonds is 4. The van der Waals surface area contributed by atoms with E-state index in [2.05, 4.69) is 20.8 Å². The molecule has 2 atom stereocenters. The van der Waals surface area contributed by atoms with Crippen molar-refractivity contribution in [2.75, 3.05) is 7.11 Å². The molecule has 0 aliphatic carbocycles. The molecule has 2 unspecified atom stereocenters. The van der Waals surface area contributed by atoms with Gasteiger partial charge in [-0.15, -0.1) is 0 Å². The predicted molar refractivity (Wildman–Crippen MR) is 53.1 cm³/mol. The van der Waals surface area contributed by atoms with E-state index in [0.29, 0.717) is 5.41 Å². The monoisotopic (exact) mass is 173 g/mol. The van der Waals surface area contributed by atoms with E-state index in [-0.39, 0.29) is 12.1 Å². The van der Waals surface area contributed by atoms with Crippen LogP contribution in [0.2, 0.25) is 0 Å². The lowest BCUT2D eigenvalue weighted by Gasteiger charge is -2.23. The lowest BCUT2D eigenvalue weighted by Crippen LogP contribution is -2.34. The fourth-order valence-corrected chi connectivity index (χ4v) is 1.01. The Balaban J connectivity index is 3.64. The summed E-state index contributed by atoms with van der Waals surface area (Å²) in [5.41, 5.74) is 6.29. The second-order valence-electron chi connectivity index (χ2n) is 4.70. The summed E-state index contributed by atoms with van der Waals surface area (Å²) in [7, 11) is 1.71. The van der Waals surface area contributed by atoms with Gasteiger partial charge >= 0.3 is 0 Å². The van der Waals surface area contributed by atoms with Gasteiger partial charge < -0.3 is 10.5 Å². The summed E-state index contributed by atoms with van der Waals surface area (Å²) in [6.07, 6.45) is 2.37. The first-order chi connectivity index (χ1) is 5.37. The first kappa shape index (κ1) is 11.9. The molecule has 0 amide bonds. The van der Waals surface area contributed by atoms with Gasteiger partial charge in [0.2, 0.25) is 0 Å². The Hall–Kier alpha value is -0.0800. The van der Waals surface area contributed by atoms with E-state index in [0.717, 1.165) is 12.8 Å². The minimum Gasteiger partial charge on any atom is -0.380 e. The highest BCUT2D eigenvalue weighted by Gasteiger charge is 2.16. The van der Waals surface area contributed by atoms with Gasteiger partial charge in [0.25, 0.3) is 0 Å². The summed E-state index contributed by atoms with van der Waals surface area (Å²) in [5.74, 6) is 0. The van der Waals surface area contributed by atoms with Crippen molar-refractivity contribution in [3.05, 3.63) is 0 Å². The highest BCUT2D eigenvalue weighted by Crippen LogP contribution is 2.21. The molecule has 0 aliphatic rings. The molecular weight excluding hydrogens is 150 g/mol. The Morgan fingerprint density at radius 3 is 2.17 bits per heavy atom. The minimum atomic E-state index is 0.173. The smallest absolute Gasteiger partial charge is 0.0694 e. The molecule has 0 heterocycles. The quantitative estimate of drug-likeness (QED) is 0.707. The molecule has 0 rings (SSSR count). The van der Waals surface area contributed by atoms with Crippen molar-refractivity contribution in [2.45, 2.75) is 52.7 Å². The van der Waals surface area contributed by atoms with Crippen molar-refractivity contribution in [1.29, 1.82) is 0 Å². The number of hydrogen-bond acceptors (Lipinski definition) is 2. The van der Waals surface area contributed by atoms with Crippen molar-refractivity contribution in [1.82, 2.24) is 0 Å². The summed E-state index contributed by atoms with van der Waals surface area (Å²) in [5, 5.41) is 0. The summed E-state index contributed by atoms with van der Waals surface area (Å²) in [6, 6.07) is 0.175. The first-order valence-corrected chi connectivity index (χ1v) is 4.65. The van der Waals surface area contributed by atoms with Crippen molar-refractivity contribution in [3.63, 3.8) is 0 Å². The van der Waals surface area contributed by atoms with E-state index in [9.17, 15) is 0 Å². The fraction of sp³-hybridized carbons (Fsp3) is 1.00. The summed E-state index contributed by atoms with van der Waals surface area (Å²) >= 11 is 0. The molecule has 0 aromatic carbocycles. The number of ether oxygens (including phenoxy) is 1. The van der Waals surface area contributed by atoms with Crippen LogP contribution in [-0.4, -0.2) is 19.3 Å². The van der Waals surface area contributed by atoms with E-state index < -0.39 is 0 Å². The Morgan fingerprint density at radius 1 is 1.33 bits per heavy atom. The van der Waals surface area contributed by atoms with Crippen LogP contribution in [0.4, 0.5) is 0 Å². The van der Waals surface area contributed by atoms with E-state index in [1.807, 2.05) is 6.92 Å². The molecule has 0 aliphatic heterocycles. The third-order valence-electron chi connectivity index (χ3n) is 2.20. The second kappa shape index (κ2) is 4.83. The SMILES string of the molecule is COC(C)C(N)CCC(C)(C)C. The molecule has 2 heteroatoms. The van der Waals surface area contributed by atoms with E-state index in [4.69, 9.17) is 10.5 Å². The highest BCUT2D eigenvalue weighted by molar-refractivity contribution is 4.72. The van der Waals surface area contributed by atoms with Gasteiger partial charge in [0, 0.05) is 13.2 Å². The molecule has 0 spiro atoms. The predicted octanol–water partition coefficient (Wildman–Crippen LogP) is 2.17. The van der Waals surface area contributed by atoms with Crippen molar-refractivity contribution < 1.29 is 4.74 Å². The van der Waals surface area contributed by atoms with Gasteiger partial charge in [-0.25, -0.2) is 0 Å². The van der Waals surface area contributed by atoms with Gasteiger partial charge in [-0.05, 0) is 25.2 Å². The summed E-state index contributed by atoms with van der Waals surface area (Å²) < 4.78 is 5.15. The number of methoxy groups -OCH3 is 1. The van der Waals surface area contributed by atoms with E-state index in [1.165, 1.54) is 0 Å². The fourth-order valence-electron chi connectivity index (χ4n) is 1.01. The van der Waals surface area contributed by atoms with Crippen LogP contribution in [0.15, 0.2) is 0 Å². The van der Waals surface area contributed by atoms with Crippen LogP contribution in [0.1, 0.15) is 40.5 Å². The average molecular weight is 173 g/mol. The van der Waals surface area contributed by atoms with Gasteiger partial charge in [0.15, 0.2) is 0 Å². The van der Waals surface area contributed by atoms with Crippen LogP contribution < -0.4 is 5.73 Å². The molecular formula is C10H23NO. The minimum absolute atomic E-state index is 0.173. The maximum absolute atomic E-state index is 5.91. The summed E-state index contributed by atoms with van der Waals surface area (Å²) in [6.45, 7) is 8.72. The van der Waals surface area contributed by atoms with Crippen LogP contribution in [0.5, 0.6) is 0 Å². The Labute approximate surface area is 76.5 Å². The molecule has 2 nitrogen and oxygen atoms in total. The molecule has 0 bridgehead atoms. The van der Waals surface area contributed by atoms with Crippen molar-refractivity contribution >= 4 is 0 Å². The molecule has 0 fully saturated rings. The zero-order valence-corrected chi connectivity index (χ0v) is 9.05. The van der Waals surface area contributed by atoms with Gasteiger partial charge in [-0.1, -0.05) is 20.8 Å². The van der Waals surface area contributed by atoms with Gasteiger partial charge in [0.05, 0.1) is 6.10 Å². The number of hydrogen-bond donors (Lipinski definition) is 1. The molecule has 0 saturated heterocycles. The van der Waals surface area contributed by atoms with E-state index in [1.54, 1.807) is 7.11 Å². The normalized spacial score (nSPS) is 17.5. The zero-order valence-electron chi connectivity index (χ0n) is 9.05. The number of nitrogens with two attached hydrogens (primary N) is 1. The maximum atomic E-state index is 5.91. The lowest BCUT2D eigenvalue weighted by atomic mass is 9.88. The second-order valence-corrected chi connectivity index (χ2v) is 4.70. The molecule has 0 aromatic heterocycles.